The fourth-order valence-electron chi connectivity index (χ4n) is 0.496. The summed E-state index contributed by atoms with van der Waals surface area (Å²) in [6, 6.07) is 0. The van der Waals surface area contributed by atoms with E-state index < -0.39 is 0 Å². The van der Waals surface area contributed by atoms with Crippen LogP contribution in [-0.2, 0) is 0 Å². The van der Waals surface area contributed by atoms with Crippen LogP contribution in [0.15, 0.2) is 5.03 Å². The molecule has 1 aliphatic heterocycles. The summed E-state index contributed by atoms with van der Waals surface area (Å²) in [5.41, 5.74) is 2.79. The second-order valence-electron chi connectivity index (χ2n) is 1.31. The monoisotopic (exact) mass is 129 g/mol. The molecule has 0 saturated carbocycles. The number of aromatic nitrogens is 3. The first-order chi connectivity index (χ1) is 3.97. The van der Waals surface area contributed by atoms with Crippen molar-refractivity contribution in [1.82, 2.24) is 20.2 Å². The number of hydrogen-bond donors (Lipinski definition) is 3. The Morgan fingerprint density at radius 1 is 1.38 bits per heavy atom. The van der Waals surface area contributed by atoms with Crippen LogP contribution < -0.4 is 10.3 Å². The molecule has 0 radical (unpaired) electrons. The number of nitrogens with one attached hydrogen (secondary N) is 3. The van der Waals surface area contributed by atoms with Gasteiger partial charge < -0.3 is 0 Å². The average molecular weight is 129 g/mol. The summed E-state index contributed by atoms with van der Waals surface area (Å²) in [5.74, 6) is 0.773. The van der Waals surface area contributed by atoms with Crippen molar-refractivity contribution in [2.75, 3.05) is 5.43 Å². The molecule has 0 aliphatic carbocycles. The molecule has 0 aromatic carbocycles. The lowest BCUT2D eigenvalue weighted by Crippen LogP contribution is -2.05. The van der Waals surface area contributed by atoms with Gasteiger partial charge in [-0.05, 0) is 0 Å². The first-order valence-electron chi connectivity index (χ1n) is 2.05. The topological polar surface area (TPSA) is 65.6 Å². The van der Waals surface area contributed by atoms with E-state index in [0.717, 1.165) is 10.8 Å². The fraction of sp³-hybridized carbons (Fsp3) is 0. The predicted molar refractivity (Wildman–Crippen MR) is 29.0 cm³/mol. The fourth-order valence-corrected chi connectivity index (χ4v) is 1.02. The third-order valence-corrected chi connectivity index (χ3v) is 1.52. The molecule has 5 nitrogen and oxygen atoms in total. The number of H-pyrrole nitrogens is 1. The molecule has 3 N–H and O–H groups in total. The van der Waals surface area contributed by atoms with Gasteiger partial charge in [-0.2, -0.15) is 10.0 Å². The first-order valence-corrected chi connectivity index (χ1v) is 2.87. The van der Waals surface area contributed by atoms with Gasteiger partial charge in [0.25, 0.3) is 0 Å². The van der Waals surface area contributed by atoms with Crippen LogP contribution in [0.2, 0.25) is 0 Å². The van der Waals surface area contributed by atoms with Crippen LogP contribution in [0.4, 0.5) is 5.82 Å². The van der Waals surface area contributed by atoms with E-state index in [2.05, 4.69) is 25.7 Å². The minimum absolute atomic E-state index is 0.773. The quantitative estimate of drug-likeness (QED) is 0.421. The highest BCUT2D eigenvalue weighted by atomic mass is 32.2. The molecule has 1 aromatic heterocycles. The Morgan fingerprint density at radius 3 is 3.25 bits per heavy atom. The summed E-state index contributed by atoms with van der Waals surface area (Å²) in [5, 5.41) is 10.9. The smallest absolute Gasteiger partial charge is 0.198 e. The minimum atomic E-state index is 0.773. The standard InChI is InChI=1S/C2H3N5S/c3-1-2(5-6-3)8-7-4-1/h7H,(H2,3,4,5,6). The maximum atomic E-state index is 3.80. The van der Waals surface area contributed by atoms with E-state index in [1.165, 1.54) is 11.9 Å². The summed E-state index contributed by atoms with van der Waals surface area (Å²) in [6.07, 6.45) is 0. The van der Waals surface area contributed by atoms with Gasteiger partial charge in [0.2, 0.25) is 0 Å². The molecule has 2 rings (SSSR count). The molecule has 1 aromatic rings. The van der Waals surface area contributed by atoms with Crippen LogP contribution in [0.3, 0.4) is 0 Å². The van der Waals surface area contributed by atoms with Gasteiger partial charge in [-0.3, -0.25) is 5.43 Å². The summed E-state index contributed by atoms with van der Waals surface area (Å²) in [7, 11) is 0. The van der Waals surface area contributed by atoms with E-state index in [-0.39, 0.29) is 0 Å². The van der Waals surface area contributed by atoms with E-state index >= 15 is 0 Å². The second-order valence-corrected chi connectivity index (χ2v) is 2.10. The van der Waals surface area contributed by atoms with Crippen molar-refractivity contribution in [3.63, 3.8) is 0 Å². The van der Waals surface area contributed by atoms with E-state index in [1.807, 2.05) is 0 Å². The number of hydrogen-bond acceptors (Lipinski definition) is 5. The highest BCUT2D eigenvalue weighted by Gasteiger charge is 2.13. The summed E-state index contributed by atoms with van der Waals surface area (Å²) in [6.45, 7) is 0. The van der Waals surface area contributed by atoms with Crippen LogP contribution in [0.1, 0.15) is 0 Å². The van der Waals surface area contributed by atoms with Gasteiger partial charge >= 0.3 is 0 Å². The van der Waals surface area contributed by atoms with Crippen LogP contribution in [0.25, 0.3) is 0 Å². The highest BCUT2D eigenvalue weighted by Crippen LogP contribution is 2.23. The number of fused-ring (bicyclic) bond motifs is 1. The van der Waals surface area contributed by atoms with Gasteiger partial charge in [-0.25, -0.2) is 0 Å². The van der Waals surface area contributed by atoms with Crippen molar-refractivity contribution in [2.24, 2.45) is 0 Å². The van der Waals surface area contributed by atoms with E-state index in [0.29, 0.717) is 0 Å². The second kappa shape index (κ2) is 1.36. The molecule has 0 saturated heterocycles. The van der Waals surface area contributed by atoms with Crippen molar-refractivity contribution in [2.45, 2.75) is 5.03 Å². The van der Waals surface area contributed by atoms with Crippen LogP contribution in [-0.4, -0.2) is 15.4 Å². The molecule has 1 aliphatic rings. The molecule has 6 heteroatoms. The number of anilines is 1. The Kier molecular flexibility index (Phi) is 0.708. The van der Waals surface area contributed by atoms with Crippen molar-refractivity contribution >= 4 is 17.8 Å². The normalized spacial score (nSPS) is 15.5. The SMILES string of the molecule is n1[nH]nc2c1NNS2. The molecule has 8 heavy (non-hydrogen) atoms. The molecule has 0 amide bonds. The van der Waals surface area contributed by atoms with Gasteiger partial charge in [-0.1, -0.05) is 0 Å². The van der Waals surface area contributed by atoms with Gasteiger partial charge in [0.15, 0.2) is 10.8 Å². The van der Waals surface area contributed by atoms with Crippen LogP contribution in [0.5, 0.6) is 0 Å². The molecule has 42 valence electrons. The van der Waals surface area contributed by atoms with E-state index in [4.69, 9.17) is 0 Å². The number of rotatable bonds is 0. The zero-order chi connectivity index (χ0) is 5.40. The summed E-state index contributed by atoms with van der Waals surface area (Å²) >= 11 is 1.41. The molecule has 2 heterocycles. The van der Waals surface area contributed by atoms with Crippen molar-refractivity contribution in [3.05, 3.63) is 0 Å². The van der Waals surface area contributed by atoms with Gasteiger partial charge in [0, 0.05) is 11.9 Å². The summed E-state index contributed by atoms with van der Waals surface area (Å²) in [4.78, 5) is 2.79. The molecule has 0 atom stereocenters. The molecule has 0 fully saturated rings. The predicted octanol–water partition coefficient (Wildman–Crippen LogP) is -0.258. The first kappa shape index (κ1) is 4.16. The van der Waals surface area contributed by atoms with Gasteiger partial charge in [0.05, 0.1) is 0 Å². The van der Waals surface area contributed by atoms with Crippen molar-refractivity contribution in [3.8, 4) is 0 Å². The van der Waals surface area contributed by atoms with Crippen LogP contribution in [0, 0.1) is 0 Å². The Hall–Kier alpha value is -0.750. The third-order valence-electron chi connectivity index (χ3n) is 0.833. The highest BCUT2D eigenvalue weighted by molar-refractivity contribution is 7.97. The van der Waals surface area contributed by atoms with Gasteiger partial charge in [0.1, 0.15) is 0 Å². The lowest BCUT2D eigenvalue weighted by atomic mass is 10.8. The molecule has 0 spiro atoms. The maximum Gasteiger partial charge on any atom is 0.198 e. The summed E-state index contributed by atoms with van der Waals surface area (Å²) < 4.78 is 0. The van der Waals surface area contributed by atoms with Crippen molar-refractivity contribution in [1.29, 1.82) is 0 Å². The number of hydrazine groups is 1. The molecule has 0 unspecified atom stereocenters. The van der Waals surface area contributed by atoms with Gasteiger partial charge in [-0.15, -0.1) is 10.2 Å². The Morgan fingerprint density at radius 2 is 2.38 bits per heavy atom. The lowest BCUT2D eigenvalue weighted by Gasteiger charge is -1.85. The third kappa shape index (κ3) is 0.408. The number of nitrogens with zero attached hydrogens (tertiary/aromatic N) is 2. The molecule has 0 bridgehead atoms. The Labute approximate surface area is 49.3 Å². The molecular formula is C2H3N5S. The average Bonchev–Trinajstić information content (AvgIpc) is 2.15. The maximum absolute atomic E-state index is 3.80. The van der Waals surface area contributed by atoms with E-state index in [1.54, 1.807) is 0 Å². The Bertz CT molecular complexity index is 176. The van der Waals surface area contributed by atoms with Crippen molar-refractivity contribution < 1.29 is 0 Å². The molecular weight excluding hydrogens is 126 g/mol. The zero-order valence-electron chi connectivity index (χ0n) is 3.80. The lowest BCUT2D eigenvalue weighted by molar-refractivity contribution is 0.905. The Balaban J connectivity index is 2.54. The largest absolute Gasteiger partial charge is 0.292 e. The zero-order valence-corrected chi connectivity index (χ0v) is 4.62. The number of aromatic amines is 1. The van der Waals surface area contributed by atoms with Crippen LogP contribution >= 0.6 is 11.9 Å². The minimum Gasteiger partial charge on any atom is -0.292 e. The van der Waals surface area contributed by atoms with E-state index in [9.17, 15) is 0 Å².